The molecule has 1 aromatic heterocycles. The van der Waals surface area contributed by atoms with Crippen LogP contribution in [-0.4, -0.2) is 66.4 Å². The van der Waals surface area contributed by atoms with Gasteiger partial charge in [0.1, 0.15) is 5.82 Å². The van der Waals surface area contributed by atoms with Crippen LogP contribution in [0.3, 0.4) is 0 Å². The first-order valence-electron chi connectivity index (χ1n) is 11.7. The molecule has 0 aliphatic carbocycles. The zero-order chi connectivity index (χ0) is 26.9. The number of alkyl halides is 3. The second-order valence-corrected chi connectivity index (χ2v) is 8.95. The Labute approximate surface area is 210 Å². The zero-order valence-electron chi connectivity index (χ0n) is 20.6. The topological polar surface area (TPSA) is 79.7 Å². The second kappa shape index (κ2) is 10.4. The second-order valence-electron chi connectivity index (χ2n) is 8.95. The molecule has 1 aliphatic heterocycles. The zero-order valence-corrected chi connectivity index (χ0v) is 20.6. The van der Waals surface area contributed by atoms with Gasteiger partial charge in [0.25, 0.3) is 5.56 Å². The molecule has 1 fully saturated rings. The van der Waals surface area contributed by atoms with Gasteiger partial charge in [0, 0.05) is 44.5 Å². The molecule has 37 heavy (non-hydrogen) atoms. The van der Waals surface area contributed by atoms with Crippen LogP contribution >= 0.6 is 0 Å². The van der Waals surface area contributed by atoms with Crippen LogP contribution in [0.4, 0.5) is 29.2 Å². The van der Waals surface area contributed by atoms with E-state index in [1.54, 1.807) is 36.1 Å². The van der Waals surface area contributed by atoms with E-state index in [-0.39, 0.29) is 37.1 Å². The Morgan fingerprint density at radius 3 is 2.49 bits per heavy atom. The molecule has 2 aromatic carbocycles. The average Bonchev–Trinajstić information content (AvgIpc) is 2.85. The number of aromatic nitrogens is 2. The van der Waals surface area contributed by atoms with E-state index in [1.165, 1.54) is 29.7 Å². The van der Waals surface area contributed by atoms with Crippen LogP contribution in [0.2, 0.25) is 0 Å². The molecule has 1 saturated heterocycles. The van der Waals surface area contributed by atoms with Crippen LogP contribution in [0.5, 0.6) is 0 Å². The number of piperazine rings is 1. The van der Waals surface area contributed by atoms with Crippen LogP contribution in [0.1, 0.15) is 28.9 Å². The van der Waals surface area contributed by atoms with Crippen molar-refractivity contribution in [3.05, 3.63) is 63.7 Å². The summed E-state index contributed by atoms with van der Waals surface area (Å²) in [7, 11) is 2.78. The van der Waals surface area contributed by atoms with E-state index in [4.69, 9.17) is 4.74 Å². The third-order valence-corrected chi connectivity index (χ3v) is 6.38. The highest BCUT2D eigenvalue weighted by Crippen LogP contribution is 2.29. The number of fused-ring (bicyclic) bond motifs is 1. The molecule has 4 rings (SSSR count). The summed E-state index contributed by atoms with van der Waals surface area (Å²) in [6, 6.07) is 8.52. The van der Waals surface area contributed by atoms with E-state index in [0.717, 1.165) is 6.07 Å². The van der Waals surface area contributed by atoms with E-state index in [2.05, 4.69) is 10.3 Å². The van der Waals surface area contributed by atoms with E-state index >= 15 is 0 Å². The van der Waals surface area contributed by atoms with Gasteiger partial charge in [-0.15, -0.1) is 0 Å². The molecule has 0 radical (unpaired) electrons. The number of carbonyl (C=O) groups excluding carboxylic acids is 1. The van der Waals surface area contributed by atoms with E-state index in [0.29, 0.717) is 22.8 Å². The van der Waals surface area contributed by atoms with E-state index in [9.17, 15) is 27.2 Å². The molecule has 1 atom stereocenters. The normalized spacial score (nSPS) is 15.6. The van der Waals surface area contributed by atoms with E-state index < -0.39 is 36.1 Å². The fourth-order valence-electron chi connectivity index (χ4n) is 4.54. The SMILES string of the molecule is COC(=O)c1ccccc1NC(C)c1cc(F)cc2c(=O)n(C)c(N3CCN(CC(F)(F)F)CC3)nc12. The molecule has 1 unspecified atom stereocenters. The summed E-state index contributed by atoms with van der Waals surface area (Å²) in [6.07, 6.45) is -4.29. The number of nitrogens with zero attached hydrogens (tertiary/aromatic N) is 4. The number of anilines is 2. The van der Waals surface area contributed by atoms with E-state index in [1.807, 2.05) is 0 Å². The highest BCUT2D eigenvalue weighted by molar-refractivity contribution is 5.95. The van der Waals surface area contributed by atoms with Crippen LogP contribution in [0.25, 0.3) is 10.9 Å². The molecule has 0 spiro atoms. The minimum Gasteiger partial charge on any atom is -0.465 e. The van der Waals surface area contributed by atoms with Gasteiger partial charge in [-0.1, -0.05) is 12.1 Å². The molecule has 0 amide bonds. The highest BCUT2D eigenvalue weighted by atomic mass is 19.4. The van der Waals surface area contributed by atoms with Gasteiger partial charge >= 0.3 is 12.1 Å². The van der Waals surface area contributed by atoms with Gasteiger partial charge in [-0.25, -0.2) is 14.2 Å². The molecule has 0 saturated carbocycles. The van der Waals surface area contributed by atoms with Crippen molar-refractivity contribution in [2.24, 2.45) is 7.05 Å². The van der Waals surface area contributed by atoms with Crippen molar-refractivity contribution in [1.29, 1.82) is 0 Å². The van der Waals surface area contributed by atoms with Gasteiger partial charge in [0.2, 0.25) is 5.95 Å². The molecular formula is C25H27F4N5O3. The molecule has 3 aromatic rings. The Kier molecular flexibility index (Phi) is 7.39. The minimum atomic E-state index is -4.29. The summed E-state index contributed by atoms with van der Waals surface area (Å²) >= 11 is 0. The fraction of sp³-hybridized carbons (Fsp3) is 0.400. The lowest BCUT2D eigenvalue weighted by Crippen LogP contribution is -2.50. The van der Waals surface area contributed by atoms with Crippen molar-refractivity contribution < 1.29 is 27.1 Å². The van der Waals surface area contributed by atoms with Crippen LogP contribution in [0, 0.1) is 5.82 Å². The summed E-state index contributed by atoms with van der Waals surface area (Å²) < 4.78 is 59.1. The van der Waals surface area contributed by atoms with Crippen molar-refractivity contribution in [3.8, 4) is 0 Å². The predicted molar refractivity (Wildman–Crippen MR) is 131 cm³/mol. The summed E-state index contributed by atoms with van der Waals surface area (Å²) in [5.74, 6) is -0.873. The Morgan fingerprint density at radius 1 is 1.16 bits per heavy atom. The number of methoxy groups -OCH3 is 1. The number of rotatable bonds is 6. The molecule has 2 heterocycles. The van der Waals surface area contributed by atoms with Crippen LogP contribution in [-0.2, 0) is 11.8 Å². The standard InChI is InChI=1S/C25H27F4N5O3/c1-15(30-20-7-5-4-6-17(20)23(36)37-3)18-12-16(26)13-19-21(18)31-24(32(2)22(19)35)34-10-8-33(9-11-34)14-25(27,28)29/h4-7,12-13,15,30H,8-11,14H2,1-3H3. The number of benzene rings is 2. The van der Waals surface area contributed by atoms with Gasteiger partial charge in [-0.05, 0) is 31.2 Å². The van der Waals surface area contributed by atoms with Crippen molar-refractivity contribution >= 4 is 28.5 Å². The molecule has 12 heteroatoms. The van der Waals surface area contributed by atoms with Crippen molar-refractivity contribution in [2.45, 2.75) is 19.1 Å². The van der Waals surface area contributed by atoms with Crippen molar-refractivity contribution in [2.75, 3.05) is 50.1 Å². The smallest absolute Gasteiger partial charge is 0.401 e. The van der Waals surface area contributed by atoms with Gasteiger partial charge in [-0.2, -0.15) is 13.2 Å². The monoisotopic (exact) mass is 521 g/mol. The number of para-hydroxylation sites is 1. The lowest BCUT2D eigenvalue weighted by Gasteiger charge is -2.36. The largest absolute Gasteiger partial charge is 0.465 e. The van der Waals surface area contributed by atoms with Gasteiger partial charge in [0.15, 0.2) is 0 Å². The summed E-state index contributed by atoms with van der Waals surface area (Å²) in [6.45, 7) is 1.57. The Morgan fingerprint density at radius 2 is 1.84 bits per heavy atom. The van der Waals surface area contributed by atoms with Gasteiger partial charge in [-0.3, -0.25) is 14.3 Å². The third kappa shape index (κ3) is 5.68. The first-order valence-corrected chi connectivity index (χ1v) is 11.7. The van der Waals surface area contributed by atoms with Gasteiger partial charge in [0.05, 0.1) is 36.2 Å². The lowest BCUT2D eigenvalue weighted by atomic mass is 10.0. The predicted octanol–water partition coefficient (Wildman–Crippen LogP) is 3.72. The number of esters is 1. The molecule has 0 bridgehead atoms. The molecule has 1 N–H and O–H groups in total. The first kappa shape index (κ1) is 26.4. The quantitative estimate of drug-likeness (QED) is 0.391. The minimum absolute atomic E-state index is 0.0758. The Balaban J connectivity index is 1.70. The van der Waals surface area contributed by atoms with Gasteiger partial charge < -0.3 is 15.0 Å². The number of halogens is 4. The van der Waals surface area contributed by atoms with Crippen LogP contribution < -0.4 is 15.8 Å². The van der Waals surface area contributed by atoms with Crippen molar-refractivity contribution in [1.82, 2.24) is 14.5 Å². The van der Waals surface area contributed by atoms with Crippen molar-refractivity contribution in [3.63, 3.8) is 0 Å². The number of ether oxygens (including phenoxy) is 1. The summed E-state index contributed by atoms with van der Waals surface area (Å²) in [5, 5.41) is 3.25. The summed E-state index contributed by atoms with van der Waals surface area (Å²) in [4.78, 5) is 33.1. The maximum absolute atomic E-state index is 14.6. The maximum Gasteiger partial charge on any atom is 0.401 e. The Bertz CT molecular complexity index is 1370. The lowest BCUT2D eigenvalue weighted by molar-refractivity contribution is -0.146. The highest BCUT2D eigenvalue weighted by Gasteiger charge is 2.33. The average molecular weight is 522 g/mol. The number of hydrogen-bond donors (Lipinski definition) is 1. The molecule has 1 aliphatic rings. The Hall–Kier alpha value is -3.67. The number of hydrogen-bond acceptors (Lipinski definition) is 7. The molecule has 8 nitrogen and oxygen atoms in total. The first-order chi connectivity index (χ1) is 17.5. The molecular weight excluding hydrogens is 494 g/mol. The van der Waals surface area contributed by atoms with Crippen LogP contribution in [0.15, 0.2) is 41.2 Å². The summed E-state index contributed by atoms with van der Waals surface area (Å²) in [5.41, 5.74) is 0.945. The maximum atomic E-state index is 14.6. The fourth-order valence-corrected chi connectivity index (χ4v) is 4.54. The molecule has 198 valence electrons. The number of nitrogens with one attached hydrogen (secondary N) is 1. The third-order valence-electron chi connectivity index (χ3n) is 6.38. The number of carbonyl (C=O) groups is 1.